The van der Waals surface area contributed by atoms with Gasteiger partial charge in [-0.1, -0.05) is 23.1 Å². The number of anilines is 1. The fraction of sp³-hybridized carbons (Fsp3) is 0.536. The Morgan fingerprint density at radius 2 is 1.76 bits per heavy atom. The number of carbonyl (C=O) groups excluding carboxylic acids is 4. The van der Waals surface area contributed by atoms with Crippen molar-refractivity contribution in [2.24, 2.45) is 0 Å². The molecular weight excluding hydrogens is 566 g/mol. The number of ether oxygens (including phenoxy) is 2. The molecule has 4 rings (SSSR count). The highest BCUT2D eigenvalue weighted by atomic mass is 32.2. The zero-order valence-corrected chi connectivity index (χ0v) is 25.9. The Balaban J connectivity index is 1.43. The summed E-state index contributed by atoms with van der Waals surface area (Å²) in [6.45, 7) is 11.3. The number of amides is 4. The number of aromatic nitrogens is 1. The molecule has 4 amide bonds. The van der Waals surface area contributed by atoms with Crippen LogP contribution in [0.4, 0.5) is 9.93 Å². The first-order valence-electron chi connectivity index (χ1n) is 13.5. The number of rotatable bonds is 6. The molecule has 3 heterocycles. The van der Waals surface area contributed by atoms with Crippen molar-refractivity contribution < 1.29 is 28.7 Å². The number of aryl methyl sites for hydroxylation is 1. The van der Waals surface area contributed by atoms with E-state index < -0.39 is 17.7 Å². The first kappa shape index (κ1) is 30.6. The fourth-order valence-corrected chi connectivity index (χ4v) is 6.69. The van der Waals surface area contributed by atoms with Crippen LogP contribution in [0.1, 0.15) is 56.5 Å². The Morgan fingerprint density at radius 3 is 2.39 bits per heavy atom. The van der Waals surface area contributed by atoms with E-state index in [9.17, 15) is 19.2 Å². The van der Waals surface area contributed by atoms with Gasteiger partial charge in [-0.25, -0.2) is 9.78 Å². The number of benzene rings is 1. The second-order valence-electron chi connectivity index (χ2n) is 11.0. The van der Waals surface area contributed by atoms with Crippen molar-refractivity contribution in [2.45, 2.75) is 68.2 Å². The molecule has 1 aromatic heterocycles. The zero-order chi connectivity index (χ0) is 29.9. The summed E-state index contributed by atoms with van der Waals surface area (Å²) in [6, 6.07) is 3.06. The molecule has 1 aromatic carbocycles. The van der Waals surface area contributed by atoms with Gasteiger partial charge in [0.05, 0.1) is 23.1 Å². The van der Waals surface area contributed by atoms with Crippen molar-refractivity contribution in [1.82, 2.24) is 19.7 Å². The lowest BCUT2D eigenvalue weighted by atomic mass is 10.1. The van der Waals surface area contributed by atoms with E-state index in [0.29, 0.717) is 55.6 Å². The molecule has 11 nitrogen and oxygen atoms in total. The maximum absolute atomic E-state index is 13.4. The van der Waals surface area contributed by atoms with E-state index in [-0.39, 0.29) is 17.7 Å². The Labute approximate surface area is 248 Å². The van der Waals surface area contributed by atoms with Crippen molar-refractivity contribution in [2.75, 3.05) is 45.2 Å². The molecule has 2 fully saturated rings. The minimum absolute atomic E-state index is 0.00688. The van der Waals surface area contributed by atoms with Gasteiger partial charge in [0.15, 0.2) is 5.13 Å². The average molecular weight is 604 g/mol. The largest absolute Gasteiger partial charge is 0.496 e. The van der Waals surface area contributed by atoms with E-state index in [2.05, 4.69) is 10.3 Å². The normalized spacial score (nSPS) is 17.4. The summed E-state index contributed by atoms with van der Waals surface area (Å²) in [5.74, 6) is 0.0644. The van der Waals surface area contributed by atoms with E-state index in [4.69, 9.17) is 9.47 Å². The van der Waals surface area contributed by atoms with Crippen LogP contribution < -0.4 is 10.1 Å². The second-order valence-corrected chi connectivity index (χ2v) is 13.4. The van der Waals surface area contributed by atoms with Crippen LogP contribution >= 0.6 is 23.1 Å². The molecule has 2 aliphatic rings. The van der Waals surface area contributed by atoms with Crippen LogP contribution in [0.3, 0.4) is 0 Å². The van der Waals surface area contributed by atoms with Crippen molar-refractivity contribution in [3.63, 3.8) is 0 Å². The molecule has 0 spiro atoms. The molecule has 0 aliphatic carbocycles. The SMILES string of the molecule is COc1cc(C)c(Sc2cnc(NC(=O)C3CCCN3C(=O)OC(C)(C)C)s2)cc1C(=O)N1CCN(C(C)=O)CC1. The Kier molecular flexibility index (Phi) is 9.48. The monoisotopic (exact) mass is 603 g/mol. The zero-order valence-electron chi connectivity index (χ0n) is 24.3. The highest BCUT2D eigenvalue weighted by molar-refractivity contribution is 8.01. The predicted octanol–water partition coefficient (Wildman–Crippen LogP) is 4.25. The third kappa shape index (κ3) is 7.50. The van der Waals surface area contributed by atoms with Crippen LogP contribution in [0.5, 0.6) is 5.75 Å². The van der Waals surface area contributed by atoms with E-state index in [1.54, 1.807) is 43.9 Å². The van der Waals surface area contributed by atoms with Gasteiger partial charge in [-0.05, 0) is 58.2 Å². The van der Waals surface area contributed by atoms with Crippen LogP contribution in [0.25, 0.3) is 0 Å². The van der Waals surface area contributed by atoms with Crippen LogP contribution in [0.2, 0.25) is 0 Å². The number of nitrogens with zero attached hydrogens (tertiary/aromatic N) is 4. The molecule has 2 aliphatic heterocycles. The van der Waals surface area contributed by atoms with E-state index in [0.717, 1.165) is 21.1 Å². The van der Waals surface area contributed by atoms with Crippen molar-refractivity contribution in [3.8, 4) is 5.75 Å². The molecule has 222 valence electrons. The van der Waals surface area contributed by atoms with Gasteiger partial charge in [-0.2, -0.15) is 0 Å². The standard InChI is InChI=1S/C28H37N5O6S2/c1-17-14-21(38-6)19(25(36)32-12-10-31(11-13-32)18(2)34)15-22(17)40-23-16-29-26(41-23)30-24(35)20-8-7-9-33(20)27(37)39-28(3,4)5/h14-16,20H,7-13H2,1-6H3,(H,29,30,35). The van der Waals surface area contributed by atoms with Gasteiger partial charge in [0.2, 0.25) is 11.8 Å². The van der Waals surface area contributed by atoms with Crippen LogP contribution in [0.15, 0.2) is 27.4 Å². The lowest BCUT2D eigenvalue weighted by Crippen LogP contribution is -2.50. The fourth-order valence-electron chi connectivity index (χ4n) is 4.74. The number of nitrogens with one attached hydrogen (secondary N) is 1. The van der Waals surface area contributed by atoms with Gasteiger partial charge in [-0.15, -0.1) is 0 Å². The number of thiazole rings is 1. The molecule has 0 saturated carbocycles. The minimum Gasteiger partial charge on any atom is -0.496 e. The molecule has 1 atom stereocenters. The Bertz CT molecular complexity index is 1320. The molecular formula is C28H37N5O6S2. The molecule has 2 aromatic rings. The topological polar surface area (TPSA) is 121 Å². The Hall–Kier alpha value is -3.32. The van der Waals surface area contributed by atoms with E-state index in [1.165, 1.54) is 34.9 Å². The first-order valence-corrected chi connectivity index (χ1v) is 15.2. The van der Waals surface area contributed by atoms with Gasteiger partial charge in [0.1, 0.15) is 17.4 Å². The van der Waals surface area contributed by atoms with Crippen molar-refractivity contribution in [1.29, 1.82) is 0 Å². The molecule has 0 bridgehead atoms. The number of hydrogen-bond donors (Lipinski definition) is 1. The van der Waals surface area contributed by atoms with Crippen LogP contribution in [-0.4, -0.2) is 95.0 Å². The van der Waals surface area contributed by atoms with Crippen molar-refractivity contribution in [3.05, 3.63) is 29.5 Å². The molecule has 13 heteroatoms. The smallest absolute Gasteiger partial charge is 0.410 e. The van der Waals surface area contributed by atoms with Gasteiger partial charge in [0, 0.05) is 44.5 Å². The third-order valence-corrected chi connectivity index (χ3v) is 9.02. The number of hydrogen-bond acceptors (Lipinski definition) is 9. The summed E-state index contributed by atoms with van der Waals surface area (Å²) in [4.78, 5) is 60.9. The number of likely N-dealkylation sites (tertiary alicyclic amines) is 1. The first-order chi connectivity index (χ1) is 19.4. The quantitative estimate of drug-likeness (QED) is 0.520. The molecule has 0 radical (unpaired) electrons. The molecule has 41 heavy (non-hydrogen) atoms. The summed E-state index contributed by atoms with van der Waals surface area (Å²) in [5, 5.41) is 3.28. The minimum atomic E-state index is -0.642. The van der Waals surface area contributed by atoms with Gasteiger partial charge in [-0.3, -0.25) is 19.3 Å². The van der Waals surface area contributed by atoms with Gasteiger partial charge in [0.25, 0.3) is 5.91 Å². The highest BCUT2D eigenvalue weighted by Gasteiger charge is 2.37. The summed E-state index contributed by atoms with van der Waals surface area (Å²) in [7, 11) is 1.54. The summed E-state index contributed by atoms with van der Waals surface area (Å²) in [6.07, 6.45) is 2.47. The Morgan fingerprint density at radius 1 is 1.07 bits per heavy atom. The average Bonchev–Trinajstić information content (AvgIpc) is 3.58. The third-order valence-electron chi connectivity index (χ3n) is 6.85. The lowest BCUT2D eigenvalue weighted by Gasteiger charge is -2.34. The maximum atomic E-state index is 13.4. The van der Waals surface area contributed by atoms with Gasteiger partial charge < -0.3 is 24.6 Å². The number of piperazine rings is 1. The lowest BCUT2D eigenvalue weighted by molar-refractivity contribution is -0.130. The van der Waals surface area contributed by atoms with Gasteiger partial charge >= 0.3 is 6.09 Å². The van der Waals surface area contributed by atoms with E-state index in [1.807, 2.05) is 19.1 Å². The number of carbonyl (C=O) groups is 4. The predicted molar refractivity (Wildman–Crippen MR) is 157 cm³/mol. The molecule has 1 unspecified atom stereocenters. The summed E-state index contributed by atoms with van der Waals surface area (Å²) < 4.78 is 11.8. The van der Waals surface area contributed by atoms with Crippen LogP contribution in [0, 0.1) is 6.92 Å². The van der Waals surface area contributed by atoms with Crippen molar-refractivity contribution >= 4 is 52.0 Å². The van der Waals surface area contributed by atoms with E-state index >= 15 is 0 Å². The maximum Gasteiger partial charge on any atom is 0.410 e. The van der Waals surface area contributed by atoms with Crippen LogP contribution in [-0.2, 0) is 14.3 Å². The highest BCUT2D eigenvalue weighted by Crippen LogP contribution is 2.38. The molecule has 2 saturated heterocycles. The summed E-state index contributed by atoms with van der Waals surface area (Å²) >= 11 is 2.77. The molecule has 1 N–H and O–H groups in total. The second kappa shape index (κ2) is 12.7. The summed E-state index contributed by atoms with van der Waals surface area (Å²) in [5.41, 5.74) is 0.748. The number of methoxy groups -OCH3 is 1.